The van der Waals surface area contributed by atoms with Gasteiger partial charge in [0.1, 0.15) is 0 Å². The summed E-state index contributed by atoms with van der Waals surface area (Å²) in [6.07, 6.45) is 3.24. The molecule has 3 aromatic rings. The van der Waals surface area contributed by atoms with Gasteiger partial charge in [-0.3, -0.25) is 9.58 Å². The zero-order valence-corrected chi connectivity index (χ0v) is 16.6. The minimum Gasteiger partial charge on any atom is -0.454 e. The summed E-state index contributed by atoms with van der Waals surface area (Å²) >= 11 is 0. The highest BCUT2D eigenvalue weighted by Crippen LogP contribution is 2.36. The van der Waals surface area contributed by atoms with E-state index < -0.39 is 0 Å². The van der Waals surface area contributed by atoms with Crippen molar-refractivity contribution in [3.05, 3.63) is 65.9 Å². The second-order valence-corrected chi connectivity index (χ2v) is 7.69. The van der Waals surface area contributed by atoms with Crippen LogP contribution < -0.4 is 9.47 Å². The van der Waals surface area contributed by atoms with Crippen molar-refractivity contribution in [2.24, 2.45) is 0 Å². The molecule has 0 aliphatic carbocycles. The molecule has 3 heterocycles. The third-order valence-electron chi connectivity index (χ3n) is 5.62. The van der Waals surface area contributed by atoms with E-state index in [1.54, 1.807) is 0 Å². The summed E-state index contributed by atoms with van der Waals surface area (Å²) in [5, 5.41) is 4.94. The summed E-state index contributed by atoms with van der Waals surface area (Å²) in [6.45, 7) is 3.49. The second-order valence-electron chi connectivity index (χ2n) is 7.69. The van der Waals surface area contributed by atoms with E-state index in [2.05, 4.69) is 48.5 Å². The molecular formula is C23H25N3O3. The number of ether oxygens (including phenoxy) is 3. The first kappa shape index (κ1) is 18.2. The highest BCUT2D eigenvalue weighted by molar-refractivity contribution is 5.67. The van der Waals surface area contributed by atoms with Crippen molar-refractivity contribution in [1.29, 1.82) is 0 Å². The van der Waals surface area contributed by atoms with Gasteiger partial charge in [0.2, 0.25) is 6.79 Å². The van der Waals surface area contributed by atoms with Gasteiger partial charge in [0.05, 0.1) is 18.8 Å². The van der Waals surface area contributed by atoms with Gasteiger partial charge in [-0.05, 0) is 37.2 Å². The number of nitrogens with zero attached hydrogens (tertiary/aromatic N) is 3. The predicted molar refractivity (Wildman–Crippen MR) is 110 cm³/mol. The molecule has 1 saturated heterocycles. The molecule has 2 aliphatic rings. The predicted octanol–water partition coefficient (Wildman–Crippen LogP) is 3.55. The molecular weight excluding hydrogens is 366 g/mol. The number of rotatable bonds is 6. The highest BCUT2D eigenvalue weighted by Gasteiger charge is 2.23. The Balaban J connectivity index is 1.47. The molecule has 0 radical (unpaired) electrons. The lowest BCUT2D eigenvalue weighted by molar-refractivity contribution is 0.156. The van der Waals surface area contributed by atoms with Crippen molar-refractivity contribution < 1.29 is 14.2 Å². The van der Waals surface area contributed by atoms with Gasteiger partial charge in [-0.1, -0.05) is 30.3 Å². The summed E-state index contributed by atoms with van der Waals surface area (Å²) < 4.78 is 18.7. The molecule has 0 unspecified atom stereocenters. The molecule has 1 aromatic heterocycles. The van der Waals surface area contributed by atoms with Crippen LogP contribution in [0, 0.1) is 0 Å². The lowest BCUT2D eigenvalue weighted by atomic mass is 10.1. The Morgan fingerprint density at radius 2 is 1.97 bits per heavy atom. The van der Waals surface area contributed by atoms with E-state index in [9.17, 15) is 0 Å². The lowest BCUT2D eigenvalue weighted by Crippen LogP contribution is -2.31. The number of hydrogen-bond donors (Lipinski definition) is 0. The second kappa shape index (κ2) is 7.89. The molecule has 0 bridgehead atoms. The van der Waals surface area contributed by atoms with Crippen LogP contribution in [0.25, 0.3) is 11.3 Å². The fourth-order valence-electron chi connectivity index (χ4n) is 3.98. The maximum absolute atomic E-state index is 5.58. The average Bonchev–Trinajstić information content (AvgIpc) is 3.49. The Hall–Kier alpha value is -2.83. The van der Waals surface area contributed by atoms with E-state index in [4.69, 9.17) is 19.3 Å². The SMILES string of the molecule is CN(Cc1cn(Cc2ccccc2)nc1-c1ccc2c(c1)OCO2)[C@@H]1CCOC1. The van der Waals surface area contributed by atoms with E-state index in [-0.39, 0.29) is 6.79 Å². The molecule has 0 N–H and O–H groups in total. The van der Waals surface area contributed by atoms with Gasteiger partial charge in [-0.2, -0.15) is 5.10 Å². The minimum absolute atomic E-state index is 0.276. The monoisotopic (exact) mass is 391 g/mol. The van der Waals surface area contributed by atoms with E-state index in [0.717, 1.165) is 55.5 Å². The van der Waals surface area contributed by atoms with Crippen LogP contribution in [0.4, 0.5) is 0 Å². The first-order valence-corrected chi connectivity index (χ1v) is 10.0. The Labute approximate surface area is 170 Å². The van der Waals surface area contributed by atoms with E-state index >= 15 is 0 Å². The van der Waals surface area contributed by atoms with Crippen LogP contribution in [0.3, 0.4) is 0 Å². The summed E-state index contributed by atoms with van der Waals surface area (Å²) in [7, 11) is 2.16. The third kappa shape index (κ3) is 3.86. The number of benzene rings is 2. The largest absolute Gasteiger partial charge is 0.454 e. The number of likely N-dealkylation sites (N-methyl/N-ethyl adjacent to an activating group) is 1. The zero-order chi connectivity index (χ0) is 19.6. The summed E-state index contributed by atoms with van der Waals surface area (Å²) in [5.41, 5.74) is 4.47. The molecule has 2 aliphatic heterocycles. The van der Waals surface area contributed by atoms with Crippen LogP contribution in [0.2, 0.25) is 0 Å². The van der Waals surface area contributed by atoms with Gasteiger partial charge in [-0.15, -0.1) is 0 Å². The molecule has 0 spiro atoms. The van der Waals surface area contributed by atoms with Crippen molar-refractivity contribution in [2.45, 2.75) is 25.6 Å². The fraction of sp³-hybridized carbons (Fsp3) is 0.348. The Bertz CT molecular complexity index is 980. The van der Waals surface area contributed by atoms with Crippen molar-refractivity contribution in [3.8, 4) is 22.8 Å². The molecule has 29 heavy (non-hydrogen) atoms. The van der Waals surface area contributed by atoms with Crippen molar-refractivity contribution in [1.82, 2.24) is 14.7 Å². The minimum atomic E-state index is 0.276. The molecule has 2 aromatic carbocycles. The fourth-order valence-corrected chi connectivity index (χ4v) is 3.98. The maximum atomic E-state index is 5.58. The molecule has 1 fully saturated rings. The molecule has 1 atom stereocenters. The van der Waals surface area contributed by atoms with Crippen molar-refractivity contribution in [2.75, 3.05) is 27.1 Å². The van der Waals surface area contributed by atoms with Gasteiger partial charge in [0, 0.05) is 36.5 Å². The normalized spacial score (nSPS) is 17.9. The summed E-state index contributed by atoms with van der Waals surface area (Å²) in [6, 6.07) is 16.9. The standard InChI is InChI=1S/C23H25N3O3/c1-25(20-9-10-27-15-20)13-19-14-26(12-17-5-3-2-4-6-17)24-23(19)18-7-8-21-22(11-18)29-16-28-21/h2-8,11,14,20H,9-10,12-13,15-16H2,1H3/t20-/m1/s1. The lowest BCUT2D eigenvalue weighted by Gasteiger charge is -2.22. The molecule has 0 saturated carbocycles. The van der Waals surface area contributed by atoms with Crippen LogP contribution in [-0.4, -0.2) is 47.8 Å². The molecule has 5 rings (SSSR count). The summed E-state index contributed by atoms with van der Waals surface area (Å²) in [5.74, 6) is 1.57. The van der Waals surface area contributed by atoms with Crippen molar-refractivity contribution >= 4 is 0 Å². The van der Waals surface area contributed by atoms with Crippen LogP contribution in [-0.2, 0) is 17.8 Å². The number of hydrogen-bond acceptors (Lipinski definition) is 5. The van der Waals surface area contributed by atoms with Gasteiger partial charge < -0.3 is 14.2 Å². The first-order valence-electron chi connectivity index (χ1n) is 10.0. The average molecular weight is 391 g/mol. The Morgan fingerprint density at radius 1 is 1.10 bits per heavy atom. The first-order chi connectivity index (χ1) is 14.3. The van der Waals surface area contributed by atoms with Gasteiger partial charge in [-0.25, -0.2) is 0 Å². The van der Waals surface area contributed by atoms with Crippen LogP contribution in [0.1, 0.15) is 17.5 Å². The molecule has 6 nitrogen and oxygen atoms in total. The van der Waals surface area contributed by atoms with Crippen LogP contribution in [0.15, 0.2) is 54.7 Å². The van der Waals surface area contributed by atoms with E-state index in [1.165, 1.54) is 11.1 Å². The topological polar surface area (TPSA) is 48.8 Å². The molecule has 150 valence electrons. The Morgan fingerprint density at radius 3 is 2.79 bits per heavy atom. The van der Waals surface area contributed by atoms with Crippen LogP contribution in [0.5, 0.6) is 11.5 Å². The summed E-state index contributed by atoms with van der Waals surface area (Å²) in [4.78, 5) is 2.37. The smallest absolute Gasteiger partial charge is 0.231 e. The van der Waals surface area contributed by atoms with Crippen molar-refractivity contribution in [3.63, 3.8) is 0 Å². The number of aromatic nitrogens is 2. The molecule has 0 amide bonds. The highest BCUT2D eigenvalue weighted by atomic mass is 16.7. The molecule has 6 heteroatoms. The van der Waals surface area contributed by atoms with Crippen LogP contribution >= 0.6 is 0 Å². The quantitative estimate of drug-likeness (QED) is 0.643. The Kier molecular flexibility index (Phi) is 4.96. The van der Waals surface area contributed by atoms with Gasteiger partial charge >= 0.3 is 0 Å². The van der Waals surface area contributed by atoms with Gasteiger partial charge in [0.25, 0.3) is 0 Å². The zero-order valence-electron chi connectivity index (χ0n) is 16.6. The van der Waals surface area contributed by atoms with E-state index in [0.29, 0.717) is 6.04 Å². The van der Waals surface area contributed by atoms with Gasteiger partial charge in [0.15, 0.2) is 11.5 Å². The number of fused-ring (bicyclic) bond motifs is 1. The maximum Gasteiger partial charge on any atom is 0.231 e. The third-order valence-corrected chi connectivity index (χ3v) is 5.62. The van der Waals surface area contributed by atoms with E-state index in [1.807, 2.05) is 22.9 Å².